The Kier molecular flexibility index (Phi) is 5.60. The fraction of sp³-hybridized carbons (Fsp3) is 0.316. The van der Waals surface area contributed by atoms with E-state index < -0.39 is 23.5 Å². The van der Waals surface area contributed by atoms with E-state index in [0.29, 0.717) is 18.8 Å². The van der Waals surface area contributed by atoms with Crippen molar-refractivity contribution in [2.24, 2.45) is 0 Å². The molecule has 144 valence electrons. The topological polar surface area (TPSA) is 32.3 Å². The van der Waals surface area contributed by atoms with Crippen molar-refractivity contribution in [2.45, 2.75) is 25.4 Å². The van der Waals surface area contributed by atoms with Crippen molar-refractivity contribution >= 4 is 28.9 Å². The standard InChI is InChI=1S/C19H17ClF4N2O/c20-13-5-6-14(15(21)11-13)18(27)25-16-10-12(19(22,23)24)4-7-17(16)26-8-2-1-3-9-26/h4-7,10-11H,1-3,8-9H2,(H,25,27). The lowest BCUT2D eigenvalue weighted by Gasteiger charge is -2.31. The normalized spacial score (nSPS) is 14.9. The summed E-state index contributed by atoms with van der Waals surface area (Å²) in [5.41, 5.74) is -0.673. The average Bonchev–Trinajstić information content (AvgIpc) is 2.61. The summed E-state index contributed by atoms with van der Waals surface area (Å²) >= 11 is 5.68. The van der Waals surface area contributed by atoms with Crippen LogP contribution in [-0.4, -0.2) is 19.0 Å². The first kappa shape index (κ1) is 19.5. The number of hydrogen-bond donors (Lipinski definition) is 1. The van der Waals surface area contributed by atoms with Crippen molar-refractivity contribution in [3.05, 3.63) is 58.4 Å². The lowest BCUT2D eigenvalue weighted by atomic mass is 10.1. The molecule has 8 heteroatoms. The molecule has 1 aliphatic heterocycles. The van der Waals surface area contributed by atoms with Crippen LogP contribution in [0.1, 0.15) is 35.2 Å². The first-order valence-corrected chi connectivity index (χ1v) is 8.86. The monoisotopic (exact) mass is 400 g/mol. The number of halogens is 5. The first-order valence-electron chi connectivity index (χ1n) is 8.48. The summed E-state index contributed by atoms with van der Waals surface area (Å²) < 4.78 is 53.3. The van der Waals surface area contributed by atoms with Crippen LogP contribution in [0.2, 0.25) is 5.02 Å². The van der Waals surface area contributed by atoms with E-state index >= 15 is 0 Å². The van der Waals surface area contributed by atoms with Gasteiger partial charge >= 0.3 is 6.18 Å². The molecule has 0 unspecified atom stereocenters. The molecular formula is C19H17ClF4N2O. The number of amides is 1. The second kappa shape index (κ2) is 7.76. The summed E-state index contributed by atoms with van der Waals surface area (Å²) in [5.74, 6) is -1.67. The molecule has 0 bridgehead atoms. The van der Waals surface area contributed by atoms with Crippen LogP contribution >= 0.6 is 11.6 Å². The second-order valence-corrected chi connectivity index (χ2v) is 6.79. The molecule has 1 saturated heterocycles. The maximum absolute atomic E-state index is 14.0. The Bertz CT molecular complexity index is 848. The van der Waals surface area contributed by atoms with E-state index in [-0.39, 0.29) is 16.3 Å². The summed E-state index contributed by atoms with van der Waals surface area (Å²) in [6.45, 7) is 1.37. The van der Waals surface area contributed by atoms with Crippen LogP contribution in [-0.2, 0) is 6.18 Å². The number of rotatable bonds is 3. The molecule has 1 aliphatic rings. The quantitative estimate of drug-likeness (QED) is 0.666. The van der Waals surface area contributed by atoms with E-state index in [2.05, 4.69) is 5.32 Å². The molecule has 0 aromatic heterocycles. The second-order valence-electron chi connectivity index (χ2n) is 6.36. The minimum Gasteiger partial charge on any atom is -0.370 e. The summed E-state index contributed by atoms with van der Waals surface area (Å²) in [5, 5.41) is 2.56. The fourth-order valence-corrected chi connectivity index (χ4v) is 3.25. The van der Waals surface area contributed by atoms with Gasteiger partial charge in [0, 0.05) is 18.1 Å². The summed E-state index contributed by atoms with van der Waals surface area (Å²) in [6.07, 6.45) is -1.67. The van der Waals surface area contributed by atoms with Gasteiger partial charge in [-0.05, 0) is 55.7 Å². The van der Waals surface area contributed by atoms with E-state index in [0.717, 1.165) is 37.5 Å². The third-order valence-corrected chi connectivity index (χ3v) is 4.68. The van der Waals surface area contributed by atoms with Gasteiger partial charge in [-0.15, -0.1) is 0 Å². The summed E-state index contributed by atoms with van der Waals surface area (Å²) in [6, 6.07) is 6.74. The molecule has 1 amide bonds. The predicted octanol–water partition coefficient (Wildman–Crippen LogP) is 5.74. The van der Waals surface area contributed by atoms with Gasteiger partial charge in [0.1, 0.15) is 5.82 Å². The highest BCUT2D eigenvalue weighted by molar-refractivity contribution is 6.30. The highest BCUT2D eigenvalue weighted by atomic mass is 35.5. The fourth-order valence-electron chi connectivity index (χ4n) is 3.09. The molecule has 2 aromatic carbocycles. The number of piperidine rings is 1. The molecule has 3 rings (SSSR count). The molecule has 0 atom stereocenters. The minimum atomic E-state index is -4.55. The predicted molar refractivity (Wildman–Crippen MR) is 96.9 cm³/mol. The van der Waals surface area contributed by atoms with Crippen molar-refractivity contribution in [3.63, 3.8) is 0 Å². The molecule has 1 heterocycles. The minimum absolute atomic E-state index is 0.00562. The van der Waals surface area contributed by atoms with Crippen molar-refractivity contribution in [2.75, 3.05) is 23.3 Å². The zero-order chi connectivity index (χ0) is 19.6. The number of nitrogens with one attached hydrogen (secondary N) is 1. The SMILES string of the molecule is O=C(Nc1cc(C(F)(F)F)ccc1N1CCCCC1)c1ccc(Cl)cc1F. The molecule has 0 spiro atoms. The Morgan fingerprint density at radius 3 is 2.37 bits per heavy atom. The van der Waals surface area contributed by atoms with E-state index in [1.807, 2.05) is 4.90 Å². The molecule has 0 radical (unpaired) electrons. The number of benzene rings is 2. The van der Waals surface area contributed by atoms with Crippen LogP contribution in [0.4, 0.5) is 28.9 Å². The van der Waals surface area contributed by atoms with Gasteiger partial charge in [0.15, 0.2) is 0 Å². The van der Waals surface area contributed by atoms with Gasteiger partial charge in [0.05, 0.1) is 22.5 Å². The van der Waals surface area contributed by atoms with Gasteiger partial charge in [-0.2, -0.15) is 13.2 Å². The number of carbonyl (C=O) groups is 1. The van der Waals surface area contributed by atoms with E-state index in [9.17, 15) is 22.4 Å². The highest BCUT2D eigenvalue weighted by Crippen LogP contribution is 2.36. The third-order valence-electron chi connectivity index (χ3n) is 4.44. The highest BCUT2D eigenvalue weighted by Gasteiger charge is 2.32. The molecule has 1 N–H and O–H groups in total. The molecule has 1 fully saturated rings. The van der Waals surface area contributed by atoms with Gasteiger partial charge in [-0.25, -0.2) is 4.39 Å². The van der Waals surface area contributed by atoms with Crippen LogP contribution in [0.3, 0.4) is 0 Å². The maximum Gasteiger partial charge on any atom is 0.416 e. The van der Waals surface area contributed by atoms with Crippen LogP contribution in [0.25, 0.3) is 0 Å². The van der Waals surface area contributed by atoms with Crippen LogP contribution in [0.15, 0.2) is 36.4 Å². The van der Waals surface area contributed by atoms with Crippen molar-refractivity contribution in [3.8, 4) is 0 Å². The maximum atomic E-state index is 14.0. The third kappa shape index (κ3) is 4.53. The van der Waals surface area contributed by atoms with E-state index in [1.165, 1.54) is 18.2 Å². The van der Waals surface area contributed by atoms with Crippen LogP contribution in [0, 0.1) is 5.82 Å². The Morgan fingerprint density at radius 2 is 1.74 bits per heavy atom. The van der Waals surface area contributed by atoms with E-state index in [1.54, 1.807) is 0 Å². The Morgan fingerprint density at radius 1 is 1.04 bits per heavy atom. The smallest absolute Gasteiger partial charge is 0.370 e. The van der Waals surface area contributed by atoms with Crippen molar-refractivity contribution < 1.29 is 22.4 Å². The Labute approximate surface area is 158 Å². The van der Waals surface area contributed by atoms with Gasteiger partial charge in [0.2, 0.25) is 0 Å². The zero-order valence-corrected chi connectivity index (χ0v) is 15.0. The van der Waals surface area contributed by atoms with Gasteiger partial charge in [0.25, 0.3) is 5.91 Å². The van der Waals surface area contributed by atoms with E-state index in [4.69, 9.17) is 11.6 Å². The Hall–Kier alpha value is -2.28. The van der Waals surface area contributed by atoms with Gasteiger partial charge in [-0.1, -0.05) is 11.6 Å². The number of anilines is 2. The lowest BCUT2D eigenvalue weighted by molar-refractivity contribution is -0.137. The summed E-state index contributed by atoms with van der Waals surface area (Å²) in [4.78, 5) is 14.4. The molecule has 27 heavy (non-hydrogen) atoms. The molecule has 0 aliphatic carbocycles. The largest absolute Gasteiger partial charge is 0.416 e. The van der Waals surface area contributed by atoms with Crippen LogP contribution in [0.5, 0.6) is 0 Å². The Balaban J connectivity index is 1.96. The number of carbonyl (C=O) groups excluding carboxylic acids is 1. The van der Waals surface area contributed by atoms with Gasteiger partial charge < -0.3 is 10.2 Å². The first-order chi connectivity index (χ1) is 12.8. The van der Waals surface area contributed by atoms with Crippen molar-refractivity contribution in [1.29, 1.82) is 0 Å². The molecule has 3 nitrogen and oxygen atoms in total. The number of nitrogens with zero attached hydrogens (tertiary/aromatic N) is 1. The average molecular weight is 401 g/mol. The lowest BCUT2D eigenvalue weighted by Crippen LogP contribution is -2.30. The molecule has 2 aromatic rings. The molecular weight excluding hydrogens is 384 g/mol. The van der Waals surface area contributed by atoms with Crippen LogP contribution < -0.4 is 10.2 Å². The number of alkyl halides is 3. The van der Waals surface area contributed by atoms with Crippen molar-refractivity contribution in [1.82, 2.24) is 0 Å². The summed E-state index contributed by atoms with van der Waals surface area (Å²) in [7, 11) is 0. The van der Waals surface area contributed by atoms with Gasteiger partial charge in [-0.3, -0.25) is 4.79 Å². The zero-order valence-electron chi connectivity index (χ0n) is 14.2. The molecule has 0 saturated carbocycles. The number of hydrogen-bond acceptors (Lipinski definition) is 2.